The summed E-state index contributed by atoms with van der Waals surface area (Å²) in [4.78, 5) is 22.9. The molecular weight excluding hydrogens is 268 g/mol. The molecule has 0 aromatic carbocycles. The SMILES string of the molecule is CCC(CCC1(C(=O)O)CCC(N)C1)C(CC)NC(C)=O. The zero-order valence-electron chi connectivity index (χ0n) is 13.5. The molecule has 5 nitrogen and oxygen atoms in total. The number of nitrogens with two attached hydrogens (primary N) is 1. The van der Waals surface area contributed by atoms with Crippen LogP contribution in [0.25, 0.3) is 0 Å². The Labute approximate surface area is 127 Å². The van der Waals surface area contributed by atoms with Gasteiger partial charge in [0.05, 0.1) is 5.41 Å². The summed E-state index contributed by atoms with van der Waals surface area (Å²) in [5.74, 6) is -0.402. The molecule has 0 saturated heterocycles. The molecule has 1 rings (SSSR count). The molecule has 4 unspecified atom stereocenters. The van der Waals surface area contributed by atoms with Crippen molar-refractivity contribution in [3.63, 3.8) is 0 Å². The lowest BCUT2D eigenvalue weighted by atomic mass is 9.77. The van der Waals surface area contributed by atoms with Gasteiger partial charge in [0.1, 0.15) is 0 Å². The third-order valence-corrected chi connectivity index (χ3v) is 5.02. The average molecular weight is 298 g/mol. The van der Waals surface area contributed by atoms with Crippen molar-refractivity contribution in [3.05, 3.63) is 0 Å². The molecule has 0 aromatic heterocycles. The van der Waals surface area contributed by atoms with Gasteiger partial charge >= 0.3 is 5.97 Å². The summed E-state index contributed by atoms with van der Waals surface area (Å²) in [5, 5.41) is 12.6. The number of aliphatic carboxylic acids is 1. The summed E-state index contributed by atoms with van der Waals surface area (Å²) in [7, 11) is 0. The van der Waals surface area contributed by atoms with Gasteiger partial charge in [-0.05, 0) is 44.4 Å². The van der Waals surface area contributed by atoms with Gasteiger partial charge in [-0.1, -0.05) is 20.3 Å². The van der Waals surface area contributed by atoms with Crippen LogP contribution in [0.4, 0.5) is 0 Å². The summed E-state index contributed by atoms with van der Waals surface area (Å²) in [6.07, 6.45) is 5.36. The first-order valence-corrected chi connectivity index (χ1v) is 8.10. The third-order valence-electron chi connectivity index (χ3n) is 5.02. The lowest BCUT2D eigenvalue weighted by Crippen LogP contribution is -2.39. The van der Waals surface area contributed by atoms with Crippen molar-refractivity contribution >= 4 is 11.9 Å². The Balaban J connectivity index is 2.68. The van der Waals surface area contributed by atoms with Crippen LogP contribution in [0.5, 0.6) is 0 Å². The van der Waals surface area contributed by atoms with Gasteiger partial charge in [0.15, 0.2) is 0 Å². The first-order valence-electron chi connectivity index (χ1n) is 8.10. The smallest absolute Gasteiger partial charge is 0.309 e. The van der Waals surface area contributed by atoms with Crippen molar-refractivity contribution in [2.45, 2.75) is 77.8 Å². The minimum atomic E-state index is -0.710. The molecule has 1 saturated carbocycles. The molecule has 1 aliphatic carbocycles. The molecule has 0 aliphatic heterocycles. The number of carboxylic acid groups (broad SMARTS) is 1. The van der Waals surface area contributed by atoms with Crippen LogP contribution in [-0.2, 0) is 9.59 Å². The molecule has 4 atom stereocenters. The van der Waals surface area contributed by atoms with E-state index in [1.165, 1.54) is 6.92 Å². The van der Waals surface area contributed by atoms with Crippen LogP contribution in [0.15, 0.2) is 0 Å². The normalized spacial score (nSPS) is 28.1. The van der Waals surface area contributed by atoms with Crippen molar-refractivity contribution in [2.75, 3.05) is 0 Å². The lowest BCUT2D eigenvalue weighted by molar-refractivity contribution is -0.149. The van der Waals surface area contributed by atoms with Gasteiger partial charge in [-0.2, -0.15) is 0 Å². The third kappa shape index (κ3) is 4.70. The van der Waals surface area contributed by atoms with Crippen LogP contribution < -0.4 is 11.1 Å². The molecule has 0 heterocycles. The van der Waals surface area contributed by atoms with Crippen LogP contribution in [0.2, 0.25) is 0 Å². The minimum Gasteiger partial charge on any atom is -0.481 e. The minimum absolute atomic E-state index is 0.0125. The van der Waals surface area contributed by atoms with E-state index in [4.69, 9.17) is 5.73 Å². The second-order valence-electron chi connectivity index (χ2n) is 6.51. The van der Waals surface area contributed by atoms with Gasteiger partial charge in [-0.3, -0.25) is 9.59 Å². The largest absolute Gasteiger partial charge is 0.481 e. The number of hydrogen-bond donors (Lipinski definition) is 3. The highest BCUT2D eigenvalue weighted by Gasteiger charge is 2.44. The second kappa shape index (κ2) is 7.78. The predicted octanol–water partition coefficient (Wildman–Crippen LogP) is 2.29. The standard InChI is InChI=1S/C16H30N2O3/c1-4-12(14(5-2)18-11(3)19)6-8-16(15(20)21)9-7-13(17)10-16/h12-14H,4-10,17H2,1-3H3,(H,18,19)(H,20,21). The van der Waals surface area contributed by atoms with E-state index in [9.17, 15) is 14.7 Å². The van der Waals surface area contributed by atoms with Gasteiger partial charge in [0.25, 0.3) is 0 Å². The van der Waals surface area contributed by atoms with Crippen LogP contribution in [0.3, 0.4) is 0 Å². The highest BCUT2D eigenvalue weighted by atomic mass is 16.4. The monoisotopic (exact) mass is 298 g/mol. The van der Waals surface area contributed by atoms with E-state index in [1.807, 2.05) is 0 Å². The number of carboxylic acids is 1. The molecule has 1 amide bonds. The Morgan fingerprint density at radius 3 is 2.43 bits per heavy atom. The van der Waals surface area contributed by atoms with E-state index < -0.39 is 11.4 Å². The van der Waals surface area contributed by atoms with E-state index in [0.717, 1.165) is 25.7 Å². The van der Waals surface area contributed by atoms with E-state index in [-0.39, 0.29) is 18.0 Å². The van der Waals surface area contributed by atoms with Crippen molar-refractivity contribution < 1.29 is 14.7 Å². The van der Waals surface area contributed by atoms with Crippen molar-refractivity contribution in [1.29, 1.82) is 0 Å². The fourth-order valence-corrected chi connectivity index (χ4v) is 3.66. The number of hydrogen-bond acceptors (Lipinski definition) is 3. The Morgan fingerprint density at radius 2 is 2.05 bits per heavy atom. The first-order chi connectivity index (χ1) is 9.84. The molecule has 1 fully saturated rings. The highest BCUT2D eigenvalue weighted by molar-refractivity contribution is 5.75. The summed E-state index contributed by atoms with van der Waals surface area (Å²) >= 11 is 0. The Hall–Kier alpha value is -1.10. The number of amides is 1. The second-order valence-corrected chi connectivity index (χ2v) is 6.51. The maximum absolute atomic E-state index is 11.7. The van der Waals surface area contributed by atoms with Crippen molar-refractivity contribution in [1.82, 2.24) is 5.32 Å². The van der Waals surface area contributed by atoms with Gasteiger partial charge in [0, 0.05) is 19.0 Å². The predicted molar refractivity (Wildman–Crippen MR) is 82.8 cm³/mol. The molecule has 21 heavy (non-hydrogen) atoms. The van der Waals surface area contributed by atoms with Gasteiger partial charge in [0.2, 0.25) is 5.91 Å². The zero-order chi connectivity index (χ0) is 16.0. The van der Waals surface area contributed by atoms with Crippen molar-refractivity contribution in [2.24, 2.45) is 17.1 Å². The lowest BCUT2D eigenvalue weighted by Gasteiger charge is -2.30. The Kier molecular flexibility index (Phi) is 6.65. The Bertz CT molecular complexity index is 373. The Morgan fingerprint density at radius 1 is 1.38 bits per heavy atom. The number of nitrogens with one attached hydrogen (secondary N) is 1. The van der Waals surface area contributed by atoms with Crippen LogP contribution in [0.1, 0.15) is 65.7 Å². The zero-order valence-corrected chi connectivity index (χ0v) is 13.5. The summed E-state index contributed by atoms with van der Waals surface area (Å²) in [6.45, 7) is 5.69. The van der Waals surface area contributed by atoms with E-state index in [2.05, 4.69) is 19.2 Å². The molecule has 0 spiro atoms. The fourth-order valence-electron chi connectivity index (χ4n) is 3.66. The molecule has 5 heteroatoms. The average Bonchev–Trinajstić information content (AvgIpc) is 2.80. The van der Waals surface area contributed by atoms with Crippen LogP contribution in [-0.4, -0.2) is 29.1 Å². The molecule has 122 valence electrons. The topological polar surface area (TPSA) is 92.4 Å². The van der Waals surface area contributed by atoms with Crippen LogP contribution in [0, 0.1) is 11.3 Å². The van der Waals surface area contributed by atoms with Crippen LogP contribution >= 0.6 is 0 Å². The van der Waals surface area contributed by atoms with Crippen molar-refractivity contribution in [3.8, 4) is 0 Å². The fraction of sp³-hybridized carbons (Fsp3) is 0.875. The quantitative estimate of drug-likeness (QED) is 0.641. The molecule has 0 radical (unpaired) electrons. The molecule has 4 N–H and O–H groups in total. The number of carbonyl (C=O) groups is 2. The first kappa shape index (κ1) is 18.0. The van der Waals surface area contributed by atoms with E-state index >= 15 is 0 Å². The molecule has 0 bridgehead atoms. The number of carbonyl (C=O) groups excluding carboxylic acids is 1. The maximum Gasteiger partial charge on any atom is 0.309 e. The van der Waals surface area contributed by atoms with Gasteiger partial charge in [-0.25, -0.2) is 0 Å². The van der Waals surface area contributed by atoms with E-state index in [0.29, 0.717) is 25.2 Å². The summed E-state index contributed by atoms with van der Waals surface area (Å²) in [6, 6.07) is 0.145. The molecule has 0 aromatic rings. The van der Waals surface area contributed by atoms with E-state index in [1.54, 1.807) is 0 Å². The molecule has 1 aliphatic rings. The number of rotatable bonds is 8. The maximum atomic E-state index is 11.7. The summed E-state index contributed by atoms with van der Waals surface area (Å²) < 4.78 is 0. The van der Waals surface area contributed by atoms with Gasteiger partial charge < -0.3 is 16.2 Å². The summed E-state index contributed by atoms with van der Waals surface area (Å²) in [5.41, 5.74) is 5.27. The highest BCUT2D eigenvalue weighted by Crippen LogP contribution is 2.43. The molecular formula is C16H30N2O3. The van der Waals surface area contributed by atoms with Gasteiger partial charge in [-0.15, -0.1) is 0 Å².